The first-order valence-corrected chi connectivity index (χ1v) is 12.3. The number of nitrogens with zero attached hydrogens (tertiary/aromatic N) is 2. The standard InChI is InChI=1S/C27H35N3O2/c1-20-10-14-30(15-11-20)25-8-6-22(7-9-25)27(31)28-24-17-23-5-4-21(16-26(23)32-19-24)18-29-12-2-3-13-29/h4-9,16,20,24H,2-3,10-15,17-19H2,1H3,(H,28,31)/t24-/m1/s1. The topological polar surface area (TPSA) is 44.8 Å². The quantitative estimate of drug-likeness (QED) is 0.766. The van der Waals surface area contributed by atoms with Gasteiger partial charge in [0.25, 0.3) is 5.91 Å². The molecule has 1 atom stereocenters. The van der Waals surface area contributed by atoms with Gasteiger partial charge in [-0.25, -0.2) is 0 Å². The lowest BCUT2D eigenvalue weighted by atomic mass is 9.98. The lowest BCUT2D eigenvalue weighted by Crippen LogP contribution is -2.42. The highest BCUT2D eigenvalue weighted by Crippen LogP contribution is 2.28. The Labute approximate surface area is 191 Å². The summed E-state index contributed by atoms with van der Waals surface area (Å²) < 4.78 is 6.05. The van der Waals surface area contributed by atoms with Crippen molar-refractivity contribution in [2.45, 2.75) is 51.6 Å². The van der Waals surface area contributed by atoms with Crippen LogP contribution in [0.2, 0.25) is 0 Å². The Bertz CT molecular complexity index is 928. The third-order valence-electron chi connectivity index (χ3n) is 7.26. The highest BCUT2D eigenvalue weighted by molar-refractivity contribution is 5.94. The summed E-state index contributed by atoms with van der Waals surface area (Å²) in [6.07, 6.45) is 5.91. The SMILES string of the molecule is CC1CCN(c2ccc(C(=O)N[C@H]3COc4cc(CN5CCCC5)ccc4C3)cc2)CC1. The molecule has 0 bridgehead atoms. The molecule has 5 nitrogen and oxygen atoms in total. The van der Waals surface area contributed by atoms with E-state index in [9.17, 15) is 4.79 Å². The average Bonchev–Trinajstić information content (AvgIpc) is 3.33. The highest BCUT2D eigenvalue weighted by atomic mass is 16.5. The van der Waals surface area contributed by atoms with Crippen LogP contribution in [-0.4, -0.2) is 49.6 Å². The second-order valence-corrected chi connectivity index (χ2v) is 9.83. The van der Waals surface area contributed by atoms with Crippen molar-refractivity contribution in [2.24, 2.45) is 5.92 Å². The van der Waals surface area contributed by atoms with E-state index in [0.717, 1.165) is 37.7 Å². The van der Waals surface area contributed by atoms with Crippen LogP contribution in [0.3, 0.4) is 0 Å². The van der Waals surface area contributed by atoms with Gasteiger partial charge in [-0.05, 0) is 92.6 Å². The Balaban J connectivity index is 1.16. The minimum Gasteiger partial charge on any atom is -0.491 e. The maximum Gasteiger partial charge on any atom is 0.251 e. The second-order valence-electron chi connectivity index (χ2n) is 9.83. The fraction of sp³-hybridized carbons (Fsp3) is 0.519. The van der Waals surface area contributed by atoms with E-state index >= 15 is 0 Å². The smallest absolute Gasteiger partial charge is 0.251 e. The number of likely N-dealkylation sites (tertiary alicyclic amines) is 1. The van der Waals surface area contributed by atoms with Crippen LogP contribution in [0.1, 0.15) is 54.1 Å². The molecular formula is C27H35N3O2. The molecule has 0 spiro atoms. The minimum atomic E-state index is -0.0217. The normalized spacial score (nSPS) is 21.8. The van der Waals surface area contributed by atoms with Crippen LogP contribution in [0.25, 0.3) is 0 Å². The Kier molecular flexibility index (Phi) is 6.35. The lowest BCUT2D eigenvalue weighted by Gasteiger charge is -2.32. The fourth-order valence-corrected chi connectivity index (χ4v) is 5.17. The number of fused-ring (bicyclic) bond motifs is 1. The van der Waals surface area contributed by atoms with Gasteiger partial charge in [0.05, 0.1) is 6.04 Å². The van der Waals surface area contributed by atoms with Crippen LogP contribution in [0.4, 0.5) is 5.69 Å². The Morgan fingerprint density at radius 1 is 1.03 bits per heavy atom. The van der Waals surface area contributed by atoms with Gasteiger partial charge in [-0.1, -0.05) is 19.1 Å². The largest absolute Gasteiger partial charge is 0.491 e. The van der Waals surface area contributed by atoms with Gasteiger partial charge in [0, 0.05) is 30.9 Å². The van der Waals surface area contributed by atoms with Crippen molar-refractivity contribution in [1.82, 2.24) is 10.2 Å². The molecule has 3 aliphatic heterocycles. The molecule has 3 heterocycles. The van der Waals surface area contributed by atoms with Crippen molar-refractivity contribution in [1.29, 1.82) is 0 Å². The Hall–Kier alpha value is -2.53. The summed E-state index contributed by atoms with van der Waals surface area (Å²) in [5.41, 5.74) is 4.43. The van der Waals surface area contributed by atoms with E-state index in [4.69, 9.17) is 4.74 Å². The summed E-state index contributed by atoms with van der Waals surface area (Å²) in [6.45, 7) is 8.45. The molecule has 2 saturated heterocycles. The molecular weight excluding hydrogens is 398 g/mol. The van der Waals surface area contributed by atoms with E-state index in [1.165, 1.54) is 55.6 Å². The molecule has 2 aromatic rings. The molecule has 32 heavy (non-hydrogen) atoms. The molecule has 3 aliphatic rings. The number of hydrogen-bond donors (Lipinski definition) is 1. The van der Waals surface area contributed by atoms with Crippen molar-refractivity contribution >= 4 is 11.6 Å². The van der Waals surface area contributed by atoms with Gasteiger partial charge in [0.15, 0.2) is 0 Å². The van der Waals surface area contributed by atoms with Gasteiger partial charge in [-0.3, -0.25) is 9.69 Å². The second kappa shape index (κ2) is 9.53. The van der Waals surface area contributed by atoms with E-state index < -0.39 is 0 Å². The number of amides is 1. The van der Waals surface area contributed by atoms with E-state index in [-0.39, 0.29) is 11.9 Å². The molecule has 2 aromatic carbocycles. The van der Waals surface area contributed by atoms with Crippen LogP contribution in [0.5, 0.6) is 5.75 Å². The number of carbonyl (C=O) groups is 1. The van der Waals surface area contributed by atoms with Gasteiger partial charge in [-0.2, -0.15) is 0 Å². The zero-order valence-electron chi connectivity index (χ0n) is 19.2. The van der Waals surface area contributed by atoms with Crippen molar-refractivity contribution in [3.8, 4) is 5.75 Å². The van der Waals surface area contributed by atoms with Gasteiger partial charge >= 0.3 is 0 Å². The molecule has 5 rings (SSSR count). The zero-order valence-corrected chi connectivity index (χ0v) is 19.2. The maximum absolute atomic E-state index is 12.8. The van der Waals surface area contributed by atoms with Crippen LogP contribution < -0.4 is 15.0 Å². The molecule has 1 amide bonds. The van der Waals surface area contributed by atoms with Gasteiger partial charge in [0.1, 0.15) is 12.4 Å². The first-order chi connectivity index (χ1) is 15.6. The van der Waals surface area contributed by atoms with Gasteiger partial charge in [-0.15, -0.1) is 0 Å². The number of carbonyl (C=O) groups excluding carboxylic acids is 1. The Morgan fingerprint density at radius 3 is 2.53 bits per heavy atom. The van der Waals surface area contributed by atoms with E-state index in [1.54, 1.807) is 0 Å². The number of piperidine rings is 1. The van der Waals surface area contributed by atoms with Gasteiger partial charge in [0.2, 0.25) is 0 Å². The number of ether oxygens (including phenoxy) is 1. The molecule has 1 N–H and O–H groups in total. The Morgan fingerprint density at radius 2 is 1.78 bits per heavy atom. The van der Waals surface area contributed by atoms with Gasteiger partial charge < -0.3 is 15.0 Å². The fourth-order valence-electron chi connectivity index (χ4n) is 5.17. The molecule has 170 valence electrons. The summed E-state index contributed by atoms with van der Waals surface area (Å²) in [7, 11) is 0. The van der Waals surface area contributed by atoms with Crippen LogP contribution >= 0.6 is 0 Å². The molecule has 5 heteroatoms. The first-order valence-electron chi connectivity index (χ1n) is 12.3. The molecule has 0 aromatic heterocycles. The predicted octanol–water partition coefficient (Wildman–Crippen LogP) is 4.25. The number of nitrogens with one attached hydrogen (secondary N) is 1. The summed E-state index contributed by atoms with van der Waals surface area (Å²) in [4.78, 5) is 17.7. The maximum atomic E-state index is 12.8. The summed E-state index contributed by atoms with van der Waals surface area (Å²) >= 11 is 0. The summed E-state index contributed by atoms with van der Waals surface area (Å²) in [5, 5.41) is 3.17. The van der Waals surface area contributed by atoms with Crippen molar-refractivity contribution in [3.05, 3.63) is 59.2 Å². The van der Waals surface area contributed by atoms with E-state index in [1.807, 2.05) is 12.1 Å². The molecule has 0 saturated carbocycles. The zero-order chi connectivity index (χ0) is 21.9. The van der Waals surface area contributed by atoms with E-state index in [0.29, 0.717) is 12.2 Å². The summed E-state index contributed by atoms with van der Waals surface area (Å²) in [5.74, 6) is 1.77. The average molecular weight is 434 g/mol. The first kappa shape index (κ1) is 21.3. The molecule has 0 radical (unpaired) electrons. The van der Waals surface area contributed by atoms with Crippen LogP contribution in [-0.2, 0) is 13.0 Å². The minimum absolute atomic E-state index is 0.00249. The van der Waals surface area contributed by atoms with Crippen molar-refractivity contribution in [2.75, 3.05) is 37.7 Å². The molecule has 0 unspecified atom stereocenters. The third kappa shape index (κ3) is 4.93. The third-order valence-corrected chi connectivity index (χ3v) is 7.26. The molecule has 2 fully saturated rings. The van der Waals surface area contributed by atoms with E-state index in [2.05, 4.69) is 52.4 Å². The predicted molar refractivity (Wildman–Crippen MR) is 128 cm³/mol. The number of hydrogen-bond acceptors (Lipinski definition) is 4. The monoisotopic (exact) mass is 433 g/mol. The number of benzene rings is 2. The van der Waals surface area contributed by atoms with Crippen LogP contribution in [0.15, 0.2) is 42.5 Å². The number of rotatable bonds is 5. The summed E-state index contributed by atoms with van der Waals surface area (Å²) in [6, 6.07) is 14.6. The van der Waals surface area contributed by atoms with Crippen LogP contribution in [0, 0.1) is 5.92 Å². The van der Waals surface area contributed by atoms with Crippen molar-refractivity contribution < 1.29 is 9.53 Å². The lowest BCUT2D eigenvalue weighted by molar-refractivity contribution is 0.0915. The highest BCUT2D eigenvalue weighted by Gasteiger charge is 2.23. The van der Waals surface area contributed by atoms with Crippen molar-refractivity contribution in [3.63, 3.8) is 0 Å². The number of anilines is 1. The molecule has 0 aliphatic carbocycles.